The molecule has 0 aromatic rings. The van der Waals surface area contributed by atoms with E-state index in [1.165, 1.54) is 0 Å². The molecule has 1 amide bonds. The average Bonchev–Trinajstić information content (AvgIpc) is 1.88. The molecule has 0 unspecified atom stereocenters. The van der Waals surface area contributed by atoms with Crippen LogP contribution >= 0.6 is 0 Å². The molecule has 3 heteroatoms. The summed E-state index contributed by atoms with van der Waals surface area (Å²) < 4.78 is 0. The number of carbonyl (C=O) groups excluding carboxylic acids is 1. The van der Waals surface area contributed by atoms with Crippen molar-refractivity contribution in [2.45, 2.75) is 13.8 Å². The van der Waals surface area contributed by atoms with Crippen molar-refractivity contribution >= 4 is 5.91 Å². The minimum Gasteiger partial charge on any atom is -0.373 e. The van der Waals surface area contributed by atoms with Gasteiger partial charge in [-0.2, -0.15) is 0 Å². The Morgan fingerprint density at radius 1 is 1.55 bits per heavy atom. The predicted octanol–water partition coefficient (Wildman–Crippen LogP) is 0.588. The van der Waals surface area contributed by atoms with E-state index in [0.29, 0.717) is 12.2 Å². The third kappa shape index (κ3) is 3.07. The molecular weight excluding hydrogens is 140 g/mol. The molecule has 0 rings (SSSR count). The third-order valence-corrected chi connectivity index (χ3v) is 1.33. The molecule has 0 aliphatic carbocycles. The Morgan fingerprint density at radius 2 is 2.09 bits per heavy atom. The van der Waals surface area contributed by atoms with Crippen LogP contribution < -0.4 is 5.32 Å². The van der Waals surface area contributed by atoms with Gasteiger partial charge in [0.1, 0.15) is 0 Å². The quantitative estimate of drug-likeness (QED) is 0.606. The molecule has 0 bridgehead atoms. The van der Waals surface area contributed by atoms with E-state index in [1.807, 2.05) is 27.9 Å². The van der Waals surface area contributed by atoms with Crippen LogP contribution in [0, 0.1) is 0 Å². The summed E-state index contributed by atoms with van der Waals surface area (Å²) in [4.78, 5) is 13.0. The van der Waals surface area contributed by atoms with Crippen molar-refractivity contribution in [3.8, 4) is 0 Å². The fraction of sp³-hybridized carbons (Fsp3) is 0.625. The molecule has 0 heterocycles. The molecular formula is C8H16N2O. The Bertz CT molecular complexity index is 161. The highest BCUT2D eigenvalue weighted by Gasteiger charge is 2.07. The van der Waals surface area contributed by atoms with Gasteiger partial charge < -0.3 is 10.2 Å². The predicted molar refractivity (Wildman–Crippen MR) is 46.1 cm³/mol. The number of hydrogen-bond acceptors (Lipinski definition) is 2. The molecule has 0 aliphatic rings. The first-order valence-corrected chi connectivity index (χ1v) is 3.75. The van der Waals surface area contributed by atoms with Gasteiger partial charge in [0.25, 0.3) is 5.91 Å². The van der Waals surface area contributed by atoms with Gasteiger partial charge in [-0.15, -0.1) is 0 Å². The normalized spacial score (nSPS) is 11.1. The molecule has 0 aliphatic heterocycles. The first-order valence-electron chi connectivity index (χ1n) is 3.75. The van der Waals surface area contributed by atoms with Crippen LogP contribution in [0.4, 0.5) is 0 Å². The van der Waals surface area contributed by atoms with Crippen LogP contribution in [0.5, 0.6) is 0 Å². The van der Waals surface area contributed by atoms with E-state index >= 15 is 0 Å². The van der Waals surface area contributed by atoms with Crippen molar-refractivity contribution < 1.29 is 4.79 Å². The second-order valence-electron chi connectivity index (χ2n) is 2.43. The van der Waals surface area contributed by atoms with Gasteiger partial charge in [0.15, 0.2) is 0 Å². The van der Waals surface area contributed by atoms with E-state index < -0.39 is 0 Å². The van der Waals surface area contributed by atoms with Crippen LogP contribution in [0.1, 0.15) is 13.8 Å². The summed E-state index contributed by atoms with van der Waals surface area (Å²) in [6.07, 6.45) is 1.80. The lowest BCUT2D eigenvalue weighted by molar-refractivity contribution is -0.118. The summed E-state index contributed by atoms with van der Waals surface area (Å²) >= 11 is 0. The standard InChI is InChI=1S/C8H16N2O/c1-5-7(10(3)4)8(11)9-6-2/h5H,6H2,1-4H3,(H,9,11). The van der Waals surface area contributed by atoms with Gasteiger partial charge in [-0.3, -0.25) is 4.79 Å². The molecule has 0 fully saturated rings. The fourth-order valence-electron chi connectivity index (χ4n) is 0.844. The minimum absolute atomic E-state index is 0.0139. The van der Waals surface area contributed by atoms with Gasteiger partial charge in [0.05, 0.1) is 5.70 Å². The molecule has 11 heavy (non-hydrogen) atoms. The molecule has 1 N–H and O–H groups in total. The van der Waals surface area contributed by atoms with Gasteiger partial charge in [0.2, 0.25) is 0 Å². The number of hydrogen-bond donors (Lipinski definition) is 1. The van der Waals surface area contributed by atoms with Gasteiger partial charge >= 0.3 is 0 Å². The van der Waals surface area contributed by atoms with Crippen molar-refractivity contribution in [1.29, 1.82) is 0 Å². The molecule has 64 valence electrons. The molecule has 3 nitrogen and oxygen atoms in total. The topological polar surface area (TPSA) is 32.3 Å². The maximum atomic E-state index is 11.2. The lowest BCUT2D eigenvalue weighted by Crippen LogP contribution is -2.30. The van der Waals surface area contributed by atoms with Gasteiger partial charge in [-0.1, -0.05) is 6.08 Å². The van der Waals surface area contributed by atoms with Crippen LogP contribution in [0.3, 0.4) is 0 Å². The van der Waals surface area contributed by atoms with E-state index in [-0.39, 0.29) is 5.91 Å². The SMILES string of the molecule is CC=C(C(=O)NCC)N(C)C. The highest BCUT2D eigenvalue weighted by molar-refractivity contribution is 5.92. The zero-order valence-electron chi connectivity index (χ0n) is 7.64. The maximum absolute atomic E-state index is 11.2. The number of rotatable bonds is 3. The number of amides is 1. The van der Waals surface area contributed by atoms with Crippen LogP contribution in [0.25, 0.3) is 0 Å². The van der Waals surface area contributed by atoms with Gasteiger partial charge in [-0.25, -0.2) is 0 Å². The number of likely N-dealkylation sites (N-methyl/N-ethyl adjacent to an activating group) is 2. The molecule has 0 aromatic heterocycles. The fourth-order valence-corrected chi connectivity index (χ4v) is 0.844. The Kier molecular flexibility index (Phi) is 4.34. The second kappa shape index (κ2) is 4.77. The Hall–Kier alpha value is -0.990. The van der Waals surface area contributed by atoms with E-state index in [1.54, 1.807) is 11.0 Å². The number of carbonyl (C=O) groups is 1. The highest BCUT2D eigenvalue weighted by Crippen LogP contribution is 1.96. The zero-order valence-corrected chi connectivity index (χ0v) is 7.64. The lowest BCUT2D eigenvalue weighted by atomic mass is 10.3. The molecule has 0 spiro atoms. The summed E-state index contributed by atoms with van der Waals surface area (Å²) in [5, 5.41) is 2.73. The summed E-state index contributed by atoms with van der Waals surface area (Å²) in [5.41, 5.74) is 0.701. The smallest absolute Gasteiger partial charge is 0.267 e. The third-order valence-electron chi connectivity index (χ3n) is 1.33. The molecule has 0 saturated carbocycles. The number of nitrogens with zero attached hydrogens (tertiary/aromatic N) is 1. The Labute approximate surface area is 68.1 Å². The highest BCUT2D eigenvalue weighted by atomic mass is 16.2. The number of nitrogens with one attached hydrogen (secondary N) is 1. The van der Waals surface area contributed by atoms with E-state index in [2.05, 4.69) is 5.32 Å². The lowest BCUT2D eigenvalue weighted by Gasteiger charge is -2.15. The van der Waals surface area contributed by atoms with Crippen molar-refractivity contribution in [2.75, 3.05) is 20.6 Å². The second-order valence-corrected chi connectivity index (χ2v) is 2.43. The van der Waals surface area contributed by atoms with Crippen LogP contribution in [0.15, 0.2) is 11.8 Å². The molecule has 0 atom stereocenters. The van der Waals surface area contributed by atoms with Crippen molar-refractivity contribution in [3.63, 3.8) is 0 Å². The van der Waals surface area contributed by atoms with Crippen molar-refractivity contribution in [3.05, 3.63) is 11.8 Å². The largest absolute Gasteiger partial charge is 0.373 e. The number of allylic oxidation sites excluding steroid dienone is 1. The van der Waals surface area contributed by atoms with E-state index in [9.17, 15) is 4.79 Å². The van der Waals surface area contributed by atoms with Crippen molar-refractivity contribution in [1.82, 2.24) is 10.2 Å². The summed E-state index contributed by atoms with van der Waals surface area (Å²) in [7, 11) is 3.70. The first kappa shape index (κ1) is 10.0. The molecule has 0 radical (unpaired) electrons. The molecule has 0 aromatic carbocycles. The van der Waals surface area contributed by atoms with Crippen LogP contribution in [-0.4, -0.2) is 31.4 Å². The Morgan fingerprint density at radius 3 is 2.36 bits per heavy atom. The summed E-state index contributed by atoms with van der Waals surface area (Å²) in [5.74, 6) is -0.0139. The molecule has 0 saturated heterocycles. The Balaban J connectivity index is 4.17. The monoisotopic (exact) mass is 156 g/mol. The van der Waals surface area contributed by atoms with E-state index in [4.69, 9.17) is 0 Å². The minimum atomic E-state index is -0.0139. The van der Waals surface area contributed by atoms with Crippen molar-refractivity contribution in [2.24, 2.45) is 0 Å². The van der Waals surface area contributed by atoms with Crippen LogP contribution in [0.2, 0.25) is 0 Å². The van der Waals surface area contributed by atoms with Gasteiger partial charge in [0, 0.05) is 20.6 Å². The maximum Gasteiger partial charge on any atom is 0.267 e. The summed E-state index contributed by atoms with van der Waals surface area (Å²) in [6, 6.07) is 0. The van der Waals surface area contributed by atoms with E-state index in [0.717, 1.165) is 0 Å². The first-order chi connectivity index (χ1) is 5.13. The van der Waals surface area contributed by atoms with Crippen LogP contribution in [-0.2, 0) is 4.79 Å². The zero-order chi connectivity index (χ0) is 8.85. The van der Waals surface area contributed by atoms with Gasteiger partial charge in [-0.05, 0) is 13.8 Å². The average molecular weight is 156 g/mol. The summed E-state index contributed by atoms with van der Waals surface area (Å²) in [6.45, 7) is 4.43.